The highest BCUT2D eigenvalue weighted by molar-refractivity contribution is 5.92. The number of para-hydroxylation sites is 1. The Morgan fingerprint density at radius 2 is 1.69 bits per heavy atom. The number of aliphatic imine (C=N–C) groups is 1. The van der Waals surface area contributed by atoms with Crippen LogP contribution in [0.25, 0.3) is 10.9 Å². The fourth-order valence-electron chi connectivity index (χ4n) is 3.81. The molecule has 0 bridgehead atoms. The summed E-state index contributed by atoms with van der Waals surface area (Å²) in [5.74, 6) is -0.454. The number of rotatable bonds is 10. The number of carbonyl (C=O) groups excluding carboxylic acids is 2. The maximum absolute atomic E-state index is 13.4. The number of aromatic nitrogens is 1. The topological polar surface area (TPSA) is 83.5 Å². The Labute approximate surface area is 208 Å². The van der Waals surface area contributed by atoms with E-state index in [1.165, 1.54) is 0 Å². The summed E-state index contributed by atoms with van der Waals surface area (Å²) in [6, 6.07) is 20.1. The van der Waals surface area contributed by atoms with Gasteiger partial charge in [0.15, 0.2) is 0 Å². The maximum Gasteiger partial charge on any atom is 0.245 e. The van der Waals surface area contributed by atoms with E-state index in [9.17, 15) is 9.59 Å². The smallest absolute Gasteiger partial charge is 0.245 e. The summed E-state index contributed by atoms with van der Waals surface area (Å²) in [7, 11) is 0. The molecule has 2 atom stereocenters. The van der Waals surface area contributed by atoms with Crippen LogP contribution >= 0.6 is 0 Å². The molecule has 0 radical (unpaired) electrons. The van der Waals surface area contributed by atoms with Gasteiger partial charge in [0, 0.05) is 24.6 Å². The highest BCUT2D eigenvalue weighted by Gasteiger charge is 2.33. The van der Waals surface area contributed by atoms with Gasteiger partial charge in [-0.1, -0.05) is 88.7 Å². The summed E-state index contributed by atoms with van der Waals surface area (Å²) < 4.78 is 0. The predicted molar refractivity (Wildman–Crippen MR) is 143 cm³/mol. The zero-order valence-corrected chi connectivity index (χ0v) is 21.1. The minimum absolute atomic E-state index is 0.177. The van der Waals surface area contributed by atoms with Crippen molar-refractivity contribution >= 4 is 28.9 Å². The average molecular weight is 473 g/mol. The number of unbranched alkanes of at least 4 members (excludes halogenated alkanes) is 1. The van der Waals surface area contributed by atoms with Crippen molar-refractivity contribution in [2.24, 2.45) is 10.4 Å². The van der Waals surface area contributed by atoms with Gasteiger partial charge in [-0.25, -0.2) is 4.98 Å². The van der Waals surface area contributed by atoms with E-state index in [1.807, 2.05) is 87.5 Å². The number of carbonyl (C=O) groups is 2. The normalized spacial score (nSPS) is 13.5. The molecule has 0 fully saturated rings. The predicted octanol–water partition coefficient (Wildman–Crippen LogP) is 4.71. The van der Waals surface area contributed by atoms with E-state index in [0.717, 1.165) is 29.3 Å². The standard InChI is InChI=1S/C29H36N4O2/c1-5-6-18-30-27(34)25(19-21-12-8-7-9-13-21)33-28(35)26(29(2,3)4)31-20-23-17-16-22-14-10-11-15-24(22)32-23/h7-17,20,25-26H,5-6,18-19H2,1-4H3,(H,30,34)(H,33,35)/t25-,26+/m0/s1. The molecular weight excluding hydrogens is 436 g/mol. The molecule has 0 aliphatic rings. The van der Waals surface area contributed by atoms with Gasteiger partial charge in [0.1, 0.15) is 12.1 Å². The van der Waals surface area contributed by atoms with Crippen molar-refractivity contribution in [1.29, 1.82) is 0 Å². The van der Waals surface area contributed by atoms with Crippen molar-refractivity contribution in [2.75, 3.05) is 6.54 Å². The zero-order valence-electron chi connectivity index (χ0n) is 21.1. The SMILES string of the molecule is CCCCNC(=O)[C@H](Cc1ccccc1)NC(=O)[C@@H](N=Cc1ccc2ccccc2n1)C(C)(C)C. The first-order valence-electron chi connectivity index (χ1n) is 12.3. The van der Waals surface area contributed by atoms with Crippen molar-refractivity contribution in [3.63, 3.8) is 0 Å². The summed E-state index contributed by atoms with van der Waals surface area (Å²) in [4.78, 5) is 35.7. The highest BCUT2D eigenvalue weighted by atomic mass is 16.2. The monoisotopic (exact) mass is 472 g/mol. The fraction of sp³-hybridized carbons (Fsp3) is 0.379. The molecule has 0 aliphatic carbocycles. The van der Waals surface area contributed by atoms with Gasteiger partial charge in [-0.3, -0.25) is 14.6 Å². The van der Waals surface area contributed by atoms with Crippen LogP contribution in [0.4, 0.5) is 0 Å². The first kappa shape index (κ1) is 26.1. The van der Waals surface area contributed by atoms with Crippen molar-refractivity contribution in [1.82, 2.24) is 15.6 Å². The quantitative estimate of drug-likeness (QED) is 0.331. The van der Waals surface area contributed by atoms with E-state index in [4.69, 9.17) is 0 Å². The Balaban J connectivity index is 1.79. The van der Waals surface area contributed by atoms with Gasteiger partial charge < -0.3 is 10.6 Å². The van der Waals surface area contributed by atoms with Crippen LogP contribution < -0.4 is 10.6 Å². The van der Waals surface area contributed by atoms with Gasteiger partial charge >= 0.3 is 0 Å². The molecule has 1 heterocycles. The molecule has 2 amide bonds. The van der Waals surface area contributed by atoms with Crippen LogP contribution in [0.15, 0.2) is 71.7 Å². The van der Waals surface area contributed by atoms with E-state index in [1.54, 1.807) is 6.21 Å². The van der Waals surface area contributed by atoms with Crippen LogP contribution in [0.2, 0.25) is 0 Å². The Kier molecular flexibility index (Phi) is 9.12. The largest absolute Gasteiger partial charge is 0.354 e. The molecule has 2 N–H and O–H groups in total. The number of pyridine rings is 1. The van der Waals surface area contributed by atoms with Gasteiger partial charge in [-0.2, -0.15) is 0 Å². The maximum atomic E-state index is 13.4. The Morgan fingerprint density at radius 3 is 2.40 bits per heavy atom. The molecule has 184 valence electrons. The van der Waals surface area contributed by atoms with Gasteiger partial charge in [-0.05, 0) is 29.5 Å². The first-order valence-corrected chi connectivity index (χ1v) is 12.3. The Bertz CT molecular complexity index is 1150. The molecule has 6 heteroatoms. The third-order valence-electron chi connectivity index (χ3n) is 5.79. The minimum atomic E-state index is -0.683. The van der Waals surface area contributed by atoms with E-state index in [0.29, 0.717) is 18.7 Å². The summed E-state index contributed by atoms with van der Waals surface area (Å²) in [5, 5.41) is 6.99. The number of hydrogen-bond acceptors (Lipinski definition) is 4. The molecule has 0 unspecified atom stereocenters. The van der Waals surface area contributed by atoms with Crippen LogP contribution in [-0.2, 0) is 16.0 Å². The number of amides is 2. The number of hydrogen-bond donors (Lipinski definition) is 2. The van der Waals surface area contributed by atoms with Crippen molar-refractivity contribution in [2.45, 2.75) is 59.0 Å². The number of fused-ring (bicyclic) bond motifs is 1. The molecule has 0 saturated carbocycles. The second-order valence-electron chi connectivity index (χ2n) is 9.87. The lowest BCUT2D eigenvalue weighted by Gasteiger charge is -2.28. The van der Waals surface area contributed by atoms with E-state index in [2.05, 4.69) is 27.5 Å². The van der Waals surface area contributed by atoms with Crippen molar-refractivity contribution in [3.8, 4) is 0 Å². The van der Waals surface area contributed by atoms with Crippen molar-refractivity contribution in [3.05, 3.63) is 78.0 Å². The third-order valence-corrected chi connectivity index (χ3v) is 5.79. The molecule has 2 aromatic carbocycles. The average Bonchev–Trinajstić information content (AvgIpc) is 2.83. The highest BCUT2D eigenvalue weighted by Crippen LogP contribution is 2.23. The van der Waals surface area contributed by atoms with Gasteiger partial charge in [-0.15, -0.1) is 0 Å². The van der Waals surface area contributed by atoms with E-state index < -0.39 is 17.5 Å². The molecule has 35 heavy (non-hydrogen) atoms. The molecule has 3 aromatic rings. The molecule has 0 saturated heterocycles. The molecule has 0 aliphatic heterocycles. The van der Waals surface area contributed by atoms with Crippen LogP contribution in [0, 0.1) is 5.41 Å². The lowest BCUT2D eigenvalue weighted by Crippen LogP contribution is -2.52. The van der Waals surface area contributed by atoms with Crippen LogP contribution in [0.5, 0.6) is 0 Å². The fourth-order valence-corrected chi connectivity index (χ4v) is 3.81. The molecule has 3 rings (SSSR count). The Morgan fingerprint density at radius 1 is 0.971 bits per heavy atom. The second-order valence-corrected chi connectivity index (χ2v) is 9.87. The lowest BCUT2D eigenvalue weighted by atomic mass is 9.86. The first-order chi connectivity index (χ1) is 16.8. The van der Waals surface area contributed by atoms with E-state index >= 15 is 0 Å². The summed E-state index contributed by atoms with van der Waals surface area (Å²) in [6.45, 7) is 8.57. The van der Waals surface area contributed by atoms with Gasteiger partial charge in [0.2, 0.25) is 11.8 Å². The van der Waals surface area contributed by atoms with Gasteiger partial charge in [0.05, 0.1) is 11.2 Å². The second kappa shape index (κ2) is 12.2. The van der Waals surface area contributed by atoms with Crippen LogP contribution in [0.3, 0.4) is 0 Å². The van der Waals surface area contributed by atoms with E-state index in [-0.39, 0.29) is 11.8 Å². The third kappa shape index (κ3) is 7.74. The number of nitrogens with one attached hydrogen (secondary N) is 2. The number of benzene rings is 2. The minimum Gasteiger partial charge on any atom is -0.354 e. The zero-order chi connectivity index (χ0) is 25.3. The molecule has 0 spiro atoms. The van der Waals surface area contributed by atoms with Crippen LogP contribution in [0.1, 0.15) is 51.8 Å². The molecular formula is C29H36N4O2. The van der Waals surface area contributed by atoms with Gasteiger partial charge in [0.25, 0.3) is 0 Å². The summed E-state index contributed by atoms with van der Waals surface area (Å²) >= 11 is 0. The lowest BCUT2D eigenvalue weighted by molar-refractivity contribution is -0.130. The summed E-state index contributed by atoms with van der Waals surface area (Å²) in [6.07, 6.45) is 3.94. The molecule has 1 aromatic heterocycles. The van der Waals surface area contributed by atoms with Crippen molar-refractivity contribution < 1.29 is 9.59 Å². The summed E-state index contributed by atoms with van der Waals surface area (Å²) in [5.41, 5.74) is 2.09. The Hall–Kier alpha value is -3.54. The number of nitrogens with zero attached hydrogens (tertiary/aromatic N) is 2. The van der Waals surface area contributed by atoms with Crippen LogP contribution in [-0.4, -0.2) is 41.6 Å². The molecule has 6 nitrogen and oxygen atoms in total.